The lowest BCUT2D eigenvalue weighted by Gasteiger charge is -2.09. The summed E-state index contributed by atoms with van der Waals surface area (Å²) in [6.07, 6.45) is 2.95. The van der Waals surface area contributed by atoms with Crippen LogP contribution in [0, 0.1) is 0 Å². The summed E-state index contributed by atoms with van der Waals surface area (Å²) in [5.41, 5.74) is 1.50. The van der Waals surface area contributed by atoms with Crippen molar-refractivity contribution in [3.05, 3.63) is 89.5 Å². The second kappa shape index (κ2) is 7.85. The van der Waals surface area contributed by atoms with Crippen LogP contribution in [0.3, 0.4) is 0 Å². The van der Waals surface area contributed by atoms with Crippen LogP contribution in [0.15, 0.2) is 82.0 Å². The number of furan rings is 1. The topological polar surface area (TPSA) is 87.3 Å². The molecule has 29 heavy (non-hydrogen) atoms. The minimum Gasteiger partial charge on any atom is -0.493 e. The smallest absolute Gasteiger partial charge is 0.379 e. The molecule has 0 saturated heterocycles. The summed E-state index contributed by atoms with van der Waals surface area (Å²) in [7, 11) is 1.45. The zero-order valence-corrected chi connectivity index (χ0v) is 15.3. The lowest BCUT2D eigenvalue weighted by atomic mass is 10.1. The molecule has 7 nitrogen and oxygen atoms in total. The van der Waals surface area contributed by atoms with Crippen molar-refractivity contribution < 1.29 is 28.2 Å². The van der Waals surface area contributed by atoms with E-state index in [4.69, 9.17) is 18.6 Å². The number of ether oxygens (including phenoxy) is 3. The molecule has 1 aromatic heterocycles. The third kappa shape index (κ3) is 3.93. The van der Waals surface area contributed by atoms with Crippen LogP contribution in [0.2, 0.25) is 0 Å². The number of hydrogen-bond acceptors (Lipinski definition) is 7. The molecule has 0 radical (unpaired) electrons. The number of hydrogen-bond donors (Lipinski definition) is 0. The van der Waals surface area contributed by atoms with Gasteiger partial charge in [0, 0.05) is 5.56 Å². The summed E-state index contributed by atoms with van der Waals surface area (Å²) in [4.78, 5) is 28.5. The minimum absolute atomic E-state index is 0.0785. The molecule has 0 atom stereocenters. The summed E-state index contributed by atoms with van der Waals surface area (Å²) in [5, 5.41) is 0. The molecule has 3 aromatic rings. The first kappa shape index (κ1) is 18.2. The molecule has 0 aliphatic carbocycles. The van der Waals surface area contributed by atoms with E-state index in [1.165, 1.54) is 19.4 Å². The van der Waals surface area contributed by atoms with Gasteiger partial charge in [-0.3, -0.25) is 0 Å². The van der Waals surface area contributed by atoms with Gasteiger partial charge in [0.2, 0.25) is 11.7 Å². The third-order valence-electron chi connectivity index (χ3n) is 4.06. The van der Waals surface area contributed by atoms with E-state index in [0.29, 0.717) is 16.9 Å². The Morgan fingerprint density at radius 3 is 2.59 bits per heavy atom. The van der Waals surface area contributed by atoms with Crippen molar-refractivity contribution in [1.29, 1.82) is 0 Å². The van der Waals surface area contributed by atoms with Gasteiger partial charge in [-0.05, 0) is 48.0 Å². The first-order chi connectivity index (χ1) is 14.1. The van der Waals surface area contributed by atoms with Crippen LogP contribution in [0.5, 0.6) is 11.5 Å². The number of nitrogens with zero attached hydrogens (tertiary/aromatic N) is 1. The van der Waals surface area contributed by atoms with Crippen molar-refractivity contribution >= 4 is 23.9 Å². The summed E-state index contributed by atoms with van der Waals surface area (Å²) in [5.74, 6) is -0.323. The molecule has 0 spiro atoms. The predicted octanol–water partition coefficient (Wildman–Crippen LogP) is 3.85. The third-order valence-corrected chi connectivity index (χ3v) is 4.06. The minimum atomic E-state index is -0.643. The molecule has 7 heteroatoms. The highest BCUT2D eigenvalue weighted by Crippen LogP contribution is 2.30. The maximum absolute atomic E-state index is 12.1. The van der Waals surface area contributed by atoms with E-state index in [1.54, 1.807) is 42.5 Å². The molecule has 4 rings (SSSR count). The van der Waals surface area contributed by atoms with Gasteiger partial charge in [-0.15, -0.1) is 0 Å². The SMILES string of the molecule is COc1cc(/C=C2\N=C(c3ccccc3)OC2=O)ccc1OC(=O)c1ccco1. The standard InChI is InChI=1S/C22H15NO6/c1-26-19-13-14(9-10-17(19)28-22(25)18-8-5-11-27-18)12-16-21(24)29-20(23-16)15-6-3-2-4-7-15/h2-13H,1H3/b16-12-. The molecule has 1 aliphatic heterocycles. The van der Waals surface area contributed by atoms with E-state index < -0.39 is 11.9 Å². The van der Waals surface area contributed by atoms with E-state index in [2.05, 4.69) is 4.99 Å². The molecule has 0 amide bonds. The van der Waals surface area contributed by atoms with Crippen molar-refractivity contribution in [3.8, 4) is 11.5 Å². The molecule has 0 unspecified atom stereocenters. The second-order valence-electron chi connectivity index (χ2n) is 5.98. The Morgan fingerprint density at radius 1 is 1.03 bits per heavy atom. The zero-order valence-electron chi connectivity index (χ0n) is 15.3. The summed E-state index contributed by atoms with van der Waals surface area (Å²) < 4.78 is 20.9. The normalized spacial score (nSPS) is 14.4. The summed E-state index contributed by atoms with van der Waals surface area (Å²) in [6.45, 7) is 0. The maximum Gasteiger partial charge on any atom is 0.379 e. The number of carbonyl (C=O) groups is 2. The fourth-order valence-corrected chi connectivity index (χ4v) is 2.67. The Hall–Kier alpha value is -4.13. The van der Waals surface area contributed by atoms with Crippen LogP contribution in [0.1, 0.15) is 21.7 Å². The molecule has 0 saturated carbocycles. The second-order valence-corrected chi connectivity index (χ2v) is 5.98. The van der Waals surface area contributed by atoms with Gasteiger partial charge in [-0.25, -0.2) is 14.6 Å². The fraction of sp³-hybridized carbons (Fsp3) is 0.0455. The highest BCUT2D eigenvalue weighted by molar-refractivity contribution is 6.12. The van der Waals surface area contributed by atoms with Gasteiger partial charge in [-0.2, -0.15) is 0 Å². The van der Waals surface area contributed by atoms with Gasteiger partial charge in [0.05, 0.1) is 13.4 Å². The van der Waals surface area contributed by atoms with E-state index in [0.717, 1.165) is 0 Å². The quantitative estimate of drug-likeness (QED) is 0.374. The van der Waals surface area contributed by atoms with E-state index in [-0.39, 0.29) is 23.1 Å². The van der Waals surface area contributed by atoms with Crippen LogP contribution in [0.25, 0.3) is 6.08 Å². The van der Waals surface area contributed by atoms with Crippen molar-refractivity contribution in [2.75, 3.05) is 7.11 Å². The van der Waals surface area contributed by atoms with Gasteiger partial charge < -0.3 is 18.6 Å². The van der Waals surface area contributed by atoms with E-state index in [9.17, 15) is 9.59 Å². The Morgan fingerprint density at radius 2 is 1.86 bits per heavy atom. The largest absolute Gasteiger partial charge is 0.493 e. The van der Waals surface area contributed by atoms with Crippen molar-refractivity contribution in [2.24, 2.45) is 4.99 Å². The number of rotatable bonds is 5. The number of methoxy groups -OCH3 is 1. The molecule has 144 valence electrons. The maximum atomic E-state index is 12.1. The van der Waals surface area contributed by atoms with Gasteiger partial charge in [-0.1, -0.05) is 24.3 Å². The molecule has 0 fully saturated rings. The van der Waals surface area contributed by atoms with Crippen LogP contribution in [-0.4, -0.2) is 24.9 Å². The molecule has 2 heterocycles. The molecular weight excluding hydrogens is 374 g/mol. The number of esters is 2. The van der Waals surface area contributed by atoms with Gasteiger partial charge >= 0.3 is 11.9 Å². The Labute approximate surface area is 165 Å². The number of carbonyl (C=O) groups excluding carboxylic acids is 2. The average Bonchev–Trinajstić information content (AvgIpc) is 3.40. The molecule has 0 N–H and O–H groups in total. The van der Waals surface area contributed by atoms with Crippen LogP contribution in [-0.2, 0) is 9.53 Å². The lowest BCUT2D eigenvalue weighted by Crippen LogP contribution is -2.08. The van der Waals surface area contributed by atoms with Crippen LogP contribution in [0.4, 0.5) is 0 Å². The molecular formula is C22H15NO6. The summed E-state index contributed by atoms with van der Waals surface area (Å²) in [6, 6.07) is 17.1. The van der Waals surface area contributed by atoms with E-state index >= 15 is 0 Å². The van der Waals surface area contributed by atoms with Gasteiger partial charge in [0.15, 0.2) is 17.2 Å². The first-order valence-electron chi connectivity index (χ1n) is 8.66. The molecule has 0 bridgehead atoms. The summed E-state index contributed by atoms with van der Waals surface area (Å²) >= 11 is 0. The van der Waals surface area contributed by atoms with Gasteiger partial charge in [0.1, 0.15) is 0 Å². The monoisotopic (exact) mass is 389 g/mol. The Kier molecular flexibility index (Phi) is 4.94. The fourth-order valence-electron chi connectivity index (χ4n) is 2.67. The van der Waals surface area contributed by atoms with Crippen molar-refractivity contribution in [2.45, 2.75) is 0 Å². The van der Waals surface area contributed by atoms with Crippen LogP contribution >= 0.6 is 0 Å². The Bertz CT molecular complexity index is 1110. The number of cyclic esters (lactones) is 1. The first-order valence-corrected chi connectivity index (χ1v) is 8.66. The lowest BCUT2D eigenvalue weighted by molar-refractivity contribution is -0.129. The molecule has 1 aliphatic rings. The average molecular weight is 389 g/mol. The highest BCUT2D eigenvalue weighted by atomic mass is 16.6. The predicted molar refractivity (Wildman–Crippen MR) is 104 cm³/mol. The highest BCUT2D eigenvalue weighted by Gasteiger charge is 2.24. The Balaban J connectivity index is 1.58. The van der Waals surface area contributed by atoms with E-state index in [1.807, 2.05) is 18.2 Å². The van der Waals surface area contributed by atoms with Gasteiger partial charge in [0.25, 0.3) is 0 Å². The zero-order chi connectivity index (χ0) is 20.2. The number of benzene rings is 2. The molecule has 2 aromatic carbocycles. The van der Waals surface area contributed by atoms with Crippen molar-refractivity contribution in [1.82, 2.24) is 0 Å². The van der Waals surface area contributed by atoms with Crippen molar-refractivity contribution in [3.63, 3.8) is 0 Å². The van der Waals surface area contributed by atoms with Crippen LogP contribution < -0.4 is 9.47 Å². The number of aliphatic imine (C=N–C) groups is 1.